The van der Waals surface area contributed by atoms with Crippen LogP contribution in [0.5, 0.6) is 0 Å². The Bertz CT molecular complexity index is 847. The average Bonchev–Trinajstić information content (AvgIpc) is 2.61. The van der Waals surface area contributed by atoms with Gasteiger partial charge in [-0.15, -0.1) is 0 Å². The van der Waals surface area contributed by atoms with Crippen molar-refractivity contribution >= 4 is 0 Å². The zero-order valence-electron chi connectivity index (χ0n) is 19.8. The highest BCUT2D eigenvalue weighted by molar-refractivity contribution is 5.65. The van der Waals surface area contributed by atoms with Crippen LogP contribution >= 0.6 is 0 Å². The van der Waals surface area contributed by atoms with Crippen LogP contribution in [0.3, 0.4) is 0 Å². The molecule has 2 aromatic carbocycles. The molecule has 0 radical (unpaired) electrons. The van der Waals surface area contributed by atoms with E-state index in [0.29, 0.717) is 23.9 Å². The summed E-state index contributed by atoms with van der Waals surface area (Å²) in [5.74, 6) is 1.36. The lowest BCUT2D eigenvalue weighted by Gasteiger charge is -2.42. The van der Waals surface area contributed by atoms with Gasteiger partial charge >= 0.3 is 0 Å². The fourth-order valence-electron chi connectivity index (χ4n) is 5.14. The van der Waals surface area contributed by atoms with Crippen LogP contribution in [-0.4, -0.2) is 23.2 Å². The molecule has 0 aliphatic heterocycles. The minimum absolute atomic E-state index is 0.187. The molecule has 2 N–H and O–H groups in total. The van der Waals surface area contributed by atoms with Crippen LogP contribution < -0.4 is 10.6 Å². The highest BCUT2D eigenvalue weighted by atomic mass is 15.0. The molecule has 162 valence electrons. The van der Waals surface area contributed by atoms with E-state index in [0.717, 1.165) is 0 Å². The summed E-state index contributed by atoms with van der Waals surface area (Å²) >= 11 is 0. The lowest BCUT2D eigenvalue weighted by atomic mass is 9.73. The monoisotopic (exact) mass is 404 g/mol. The lowest BCUT2D eigenvalue weighted by Crippen LogP contribution is -2.50. The van der Waals surface area contributed by atoms with Crippen molar-refractivity contribution in [3.8, 4) is 11.1 Å². The average molecular weight is 405 g/mol. The SMILES string of the molecule is CC(C)(C)NC1CC(c2cccc(-c3ccc([C@@H]4CC[C@H]4NC(C)(C)C)cc3)c2)C1. The molecule has 2 aliphatic carbocycles. The van der Waals surface area contributed by atoms with Gasteiger partial charge in [0.2, 0.25) is 0 Å². The van der Waals surface area contributed by atoms with Gasteiger partial charge in [0.25, 0.3) is 0 Å². The largest absolute Gasteiger partial charge is 0.309 e. The molecule has 2 nitrogen and oxygen atoms in total. The summed E-state index contributed by atoms with van der Waals surface area (Å²) in [7, 11) is 0. The predicted octanol–water partition coefficient (Wildman–Crippen LogP) is 6.62. The van der Waals surface area contributed by atoms with Crippen LogP contribution in [0.15, 0.2) is 48.5 Å². The number of benzene rings is 2. The molecule has 0 amide bonds. The Kier molecular flexibility index (Phi) is 5.85. The van der Waals surface area contributed by atoms with Crippen molar-refractivity contribution in [3.63, 3.8) is 0 Å². The molecule has 30 heavy (non-hydrogen) atoms. The van der Waals surface area contributed by atoms with E-state index in [4.69, 9.17) is 0 Å². The first-order valence-electron chi connectivity index (χ1n) is 11.8. The predicted molar refractivity (Wildman–Crippen MR) is 129 cm³/mol. The number of hydrogen-bond donors (Lipinski definition) is 2. The first kappa shape index (κ1) is 21.6. The van der Waals surface area contributed by atoms with Gasteiger partial charge in [0.15, 0.2) is 0 Å². The molecule has 2 aliphatic rings. The van der Waals surface area contributed by atoms with Crippen LogP contribution in [0.1, 0.15) is 90.2 Å². The van der Waals surface area contributed by atoms with Gasteiger partial charge in [0.05, 0.1) is 0 Å². The maximum atomic E-state index is 3.80. The molecular weight excluding hydrogens is 364 g/mol. The van der Waals surface area contributed by atoms with Crippen molar-refractivity contribution in [1.29, 1.82) is 0 Å². The summed E-state index contributed by atoms with van der Waals surface area (Å²) in [6, 6.07) is 19.9. The van der Waals surface area contributed by atoms with Gasteiger partial charge in [-0.25, -0.2) is 0 Å². The van der Waals surface area contributed by atoms with Gasteiger partial charge in [-0.1, -0.05) is 48.5 Å². The highest BCUT2D eigenvalue weighted by Gasteiger charge is 2.34. The summed E-state index contributed by atoms with van der Waals surface area (Å²) in [4.78, 5) is 0. The first-order valence-corrected chi connectivity index (χ1v) is 11.8. The Morgan fingerprint density at radius 1 is 0.700 bits per heavy atom. The fraction of sp³-hybridized carbons (Fsp3) is 0.571. The summed E-state index contributed by atoms with van der Waals surface area (Å²) in [6.07, 6.45) is 5.10. The Morgan fingerprint density at radius 3 is 1.93 bits per heavy atom. The van der Waals surface area contributed by atoms with Gasteiger partial charge < -0.3 is 10.6 Å². The van der Waals surface area contributed by atoms with Gasteiger partial charge in [-0.2, -0.15) is 0 Å². The first-order chi connectivity index (χ1) is 14.1. The molecule has 0 spiro atoms. The Hall–Kier alpha value is -1.64. The maximum Gasteiger partial charge on any atom is 0.0141 e. The molecular formula is C28H40N2. The Morgan fingerprint density at radius 2 is 1.37 bits per heavy atom. The molecule has 0 heterocycles. The maximum absolute atomic E-state index is 3.80. The Labute approximate surface area is 183 Å². The third-order valence-corrected chi connectivity index (χ3v) is 6.70. The van der Waals surface area contributed by atoms with Crippen molar-refractivity contribution in [2.45, 2.75) is 102 Å². The van der Waals surface area contributed by atoms with E-state index in [1.165, 1.54) is 47.9 Å². The number of rotatable bonds is 5. The molecule has 0 saturated heterocycles. The molecule has 2 heteroatoms. The van der Waals surface area contributed by atoms with Crippen molar-refractivity contribution in [2.75, 3.05) is 0 Å². The van der Waals surface area contributed by atoms with Crippen molar-refractivity contribution in [1.82, 2.24) is 10.6 Å². The zero-order chi connectivity index (χ0) is 21.5. The molecule has 0 bridgehead atoms. The van der Waals surface area contributed by atoms with Gasteiger partial charge in [-0.05, 0) is 101 Å². The highest BCUT2D eigenvalue weighted by Crippen LogP contribution is 2.40. The quantitative estimate of drug-likeness (QED) is 0.585. The van der Waals surface area contributed by atoms with Gasteiger partial charge in [0, 0.05) is 23.2 Å². The molecule has 2 saturated carbocycles. The summed E-state index contributed by atoms with van der Waals surface area (Å²) in [6.45, 7) is 13.6. The van der Waals surface area contributed by atoms with E-state index >= 15 is 0 Å². The smallest absolute Gasteiger partial charge is 0.0141 e. The van der Waals surface area contributed by atoms with Crippen molar-refractivity contribution in [2.24, 2.45) is 0 Å². The van der Waals surface area contributed by atoms with E-state index < -0.39 is 0 Å². The third kappa shape index (κ3) is 5.15. The fourth-order valence-corrected chi connectivity index (χ4v) is 5.14. The van der Waals surface area contributed by atoms with Crippen molar-refractivity contribution < 1.29 is 0 Å². The van der Waals surface area contributed by atoms with Crippen LogP contribution in [0, 0.1) is 0 Å². The number of hydrogen-bond acceptors (Lipinski definition) is 2. The molecule has 2 atom stereocenters. The molecule has 0 unspecified atom stereocenters. The second kappa shape index (κ2) is 8.13. The normalized spacial score (nSPS) is 26.7. The third-order valence-electron chi connectivity index (χ3n) is 6.70. The molecule has 2 aromatic rings. The van der Waals surface area contributed by atoms with Crippen molar-refractivity contribution in [3.05, 3.63) is 59.7 Å². The molecule has 0 aromatic heterocycles. The van der Waals surface area contributed by atoms with Crippen LogP contribution in [0.25, 0.3) is 11.1 Å². The van der Waals surface area contributed by atoms with E-state index in [2.05, 4.69) is 101 Å². The van der Waals surface area contributed by atoms with Crippen LogP contribution in [0.2, 0.25) is 0 Å². The summed E-state index contributed by atoms with van der Waals surface area (Å²) in [5, 5.41) is 7.54. The van der Waals surface area contributed by atoms with E-state index in [-0.39, 0.29) is 11.1 Å². The van der Waals surface area contributed by atoms with Crippen LogP contribution in [0.4, 0.5) is 0 Å². The number of nitrogens with one attached hydrogen (secondary N) is 2. The topological polar surface area (TPSA) is 24.1 Å². The molecule has 4 rings (SSSR count). The Balaban J connectivity index is 1.40. The van der Waals surface area contributed by atoms with E-state index in [1.54, 1.807) is 0 Å². The zero-order valence-corrected chi connectivity index (χ0v) is 19.8. The summed E-state index contributed by atoms with van der Waals surface area (Å²) < 4.78 is 0. The van der Waals surface area contributed by atoms with E-state index in [1.807, 2.05) is 0 Å². The minimum Gasteiger partial charge on any atom is -0.309 e. The van der Waals surface area contributed by atoms with Gasteiger partial charge in [-0.3, -0.25) is 0 Å². The lowest BCUT2D eigenvalue weighted by molar-refractivity contribution is 0.228. The van der Waals surface area contributed by atoms with Crippen LogP contribution in [-0.2, 0) is 0 Å². The second-order valence-corrected chi connectivity index (χ2v) is 11.7. The minimum atomic E-state index is 0.187. The standard InChI is InChI=1S/C28H40N2/c1-27(2,3)29-24-17-23(18-24)22-9-7-8-21(16-22)19-10-12-20(13-11-19)25-14-15-26(25)30-28(4,5)6/h7-13,16,23-26,29-30H,14-15,17-18H2,1-6H3/t23?,24?,25-,26+/m0/s1. The molecule has 2 fully saturated rings. The van der Waals surface area contributed by atoms with Gasteiger partial charge in [0.1, 0.15) is 0 Å². The second-order valence-electron chi connectivity index (χ2n) is 11.7. The van der Waals surface area contributed by atoms with E-state index in [9.17, 15) is 0 Å². The summed E-state index contributed by atoms with van der Waals surface area (Å²) in [5.41, 5.74) is 6.07.